The van der Waals surface area contributed by atoms with Crippen molar-refractivity contribution >= 4 is 52.4 Å². The van der Waals surface area contributed by atoms with Crippen molar-refractivity contribution in [3.05, 3.63) is 38.9 Å². The van der Waals surface area contributed by atoms with Gasteiger partial charge >= 0.3 is 11.8 Å². The van der Waals surface area contributed by atoms with Gasteiger partial charge in [0.2, 0.25) is 5.91 Å². The molecule has 0 spiro atoms. The molecule has 34 heavy (non-hydrogen) atoms. The lowest BCUT2D eigenvalue weighted by Crippen LogP contribution is -2.49. The maximum Gasteiger partial charge on any atom is 0.314 e. The number of halogens is 1. The minimum absolute atomic E-state index is 0.0548. The predicted molar refractivity (Wildman–Crippen MR) is 128 cm³/mol. The summed E-state index contributed by atoms with van der Waals surface area (Å²) in [6.07, 6.45) is 2.01. The average Bonchev–Trinajstić information content (AvgIpc) is 3.21. The Bertz CT molecular complexity index is 1070. The van der Waals surface area contributed by atoms with Gasteiger partial charge < -0.3 is 25.8 Å². The van der Waals surface area contributed by atoms with Crippen LogP contribution >= 0.6 is 22.9 Å². The van der Waals surface area contributed by atoms with Crippen molar-refractivity contribution in [3.63, 3.8) is 0 Å². The van der Waals surface area contributed by atoms with E-state index in [1.807, 2.05) is 7.05 Å². The van der Waals surface area contributed by atoms with Gasteiger partial charge in [0.05, 0.1) is 16.8 Å². The first-order valence-electron chi connectivity index (χ1n) is 10.5. The van der Waals surface area contributed by atoms with Gasteiger partial charge in [0.15, 0.2) is 5.01 Å². The number of carbonyl (C=O) groups excluding carboxylic acids is 4. The van der Waals surface area contributed by atoms with Crippen LogP contribution in [0.3, 0.4) is 0 Å². The molecule has 11 nitrogen and oxygen atoms in total. The highest BCUT2D eigenvalue weighted by Gasteiger charge is 2.25. The first-order chi connectivity index (χ1) is 16.1. The van der Waals surface area contributed by atoms with Gasteiger partial charge in [-0.1, -0.05) is 11.6 Å². The first-order valence-corrected chi connectivity index (χ1v) is 11.7. The first kappa shape index (κ1) is 25.5. The number of nitrogens with one attached hydrogen (secondary N) is 3. The van der Waals surface area contributed by atoms with Gasteiger partial charge in [-0.3, -0.25) is 19.2 Å². The lowest BCUT2D eigenvalue weighted by atomic mass is 10.1. The molecule has 2 aromatic rings. The summed E-state index contributed by atoms with van der Waals surface area (Å²) in [7, 11) is 5.17. The summed E-state index contributed by atoms with van der Waals surface area (Å²) in [6.45, 7) is 1.57. The van der Waals surface area contributed by atoms with E-state index in [0.29, 0.717) is 10.0 Å². The maximum atomic E-state index is 12.7. The van der Waals surface area contributed by atoms with Crippen molar-refractivity contribution in [2.75, 3.05) is 39.5 Å². The van der Waals surface area contributed by atoms with Crippen LogP contribution in [0, 0.1) is 0 Å². The van der Waals surface area contributed by atoms with Crippen LogP contribution in [-0.2, 0) is 27.3 Å². The highest BCUT2D eigenvalue weighted by molar-refractivity contribution is 7.13. The molecule has 1 atom stereocenters. The molecule has 1 aliphatic heterocycles. The number of anilines is 1. The molecule has 0 bridgehead atoms. The summed E-state index contributed by atoms with van der Waals surface area (Å²) in [5.74, 6) is -2.44. The SMILES string of the molecule is CN1CCc2nc(C(=O)NCC(CC(=O)N(C)C)NC(=O)C(=O)Nc3ccc(Cl)cn3)sc2C1. The van der Waals surface area contributed by atoms with Gasteiger partial charge in [-0.15, -0.1) is 11.3 Å². The number of hydrogen-bond acceptors (Lipinski definition) is 8. The Morgan fingerprint density at radius 1 is 1.24 bits per heavy atom. The van der Waals surface area contributed by atoms with E-state index >= 15 is 0 Å². The molecule has 2 aromatic heterocycles. The molecule has 4 amide bonds. The molecule has 0 fully saturated rings. The van der Waals surface area contributed by atoms with Crippen molar-refractivity contribution in [1.82, 2.24) is 30.4 Å². The van der Waals surface area contributed by atoms with Crippen LogP contribution in [0.5, 0.6) is 0 Å². The molecule has 13 heteroatoms. The largest absolute Gasteiger partial charge is 0.349 e. The van der Waals surface area contributed by atoms with E-state index in [9.17, 15) is 19.2 Å². The Balaban J connectivity index is 1.61. The molecule has 0 aromatic carbocycles. The third kappa shape index (κ3) is 6.95. The lowest BCUT2D eigenvalue weighted by Gasteiger charge is -2.20. The number of aromatic nitrogens is 2. The number of fused-ring (bicyclic) bond motifs is 1. The number of hydrogen-bond donors (Lipinski definition) is 3. The molecule has 0 aliphatic carbocycles. The van der Waals surface area contributed by atoms with Gasteiger partial charge in [0, 0.05) is 57.6 Å². The topological polar surface area (TPSA) is 137 Å². The zero-order valence-corrected chi connectivity index (χ0v) is 20.6. The lowest BCUT2D eigenvalue weighted by molar-refractivity contribution is -0.137. The van der Waals surface area contributed by atoms with Crippen molar-refractivity contribution in [3.8, 4) is 0 Å². The van der Waals surface area contributed by atoms with Crippen LogP contribution in [0.2, 0.25) is 5.02 Å². The Hall–Kier alpha value is -3.09. The second kappa shape index (κ2) is 11.4. The van der Waals surface area contributed by atoms with Gasteiger partial charge in [-0.2, -0.15) is 0 Å². The molecule has 3 heterocycles. The number of carbonyl (C=O) groups is 4. The van der Waals surface area contributed by atoms with E-state index < -0.39 is 23.8 Å². The van der Waals surface area contributed by atoms with Crippen molar-refractivity contribution in [2.24, 2.45) is 0 Å². The smallest absolute Gasteiger partial charge is 0.314 e. The molecule has 3 rings (SSSR count). The van der Waals surface area contributed by atoms with Gasteiger partial charge in [-0.25, -0.2) is 9.97 Å². The molecule has 1 aliphatic rings. The summed E-state index contributed by atoms with van der Waals surface area (Å²) >= 11 is 7.09. The molecule has 1 unspecified atom stereocenters. The Morgan fingerprint density at radius 3 is 2.68 bits per heavy atom. The van der Waals surface area contributed by atoms with Crippen LogP contribution in [0.1, 0.15) is 26.8 Å². The average molecular weight is 508 g/mol. The molecular weight excluding hydrogens is 482 g/mol. The van der Waals surface area contributed by atoms with E-state index in [4.69, 9.17) is 11.6 Å². The minimum Gasteiger partial charge on any atom is -0.349 e. The molecule has 0 saturated carbocycles. The van der Waals surface area contributed by atoms with Crippen molar-refractivity contribution in [2.45, 2.75) is 25.4 Å². The quantitative estimate of drug-likeness (QED) is 0.464. The maximum absolute atomic E-state index is 12.7. The normalized spacial score (nSPS) is 14.0. The fourth-order valence-corrected chi connectivity index (χ4v) is 4.37. The standard InChI is InChI=1S/C21H26ClN7O4S/c1-28(2)17(30)8-13(25-18(31)19(32)27-16-5-4-12(22)9-23-16)10-24-20(33)21-26-14-6-7-29(3)11-15(14)34-21/h4-5,9,13H,6-8,10-11H2,1-3H3,(H,24,33)(H,25,31)(H,23,27,32). The van der Waals surface area contributed by atoms with E-state index in [1.165, 1.54) is 34.6 Å². The number of pyridine rings is 1. The second-order valence-corrected chi connectivity index (χ2v) is 9.59. The van der Waals surface area contributed by atoms with E-state index in [1.54, 1.807) is 14.1 Å². The number of rotatable bonds is 7. The number of amides is 4. The molecule has 182 valence electrons. The van der Waals surface area contributed by atoms with E-state index in [2.05, 4.69) is 30.8 Å². The van der Waals surface area contributed by atoms with Crippen molar-refractivity contribution in [1.29, 1.82) is 0 Å². The minimum atomic E-state index is -0.963. The highest BCUT2D eigenvalue weighted by atomic mass is 35.5. The number of likely N-dealkylation sites (N-methyl/N-ethyl adjacent to an activating group) is 1. The Labute approximate surface area is 205 Å². The Morgan fingerprint density at radius 2 is 2.00 bits per heavy atom. The van der Waals surface area contributed by atoms with Crippen LogP contribution in [-0.4, -0.2) is 83.7 Å². The zero-order valence-electron chi connectivity index (χ0n) is 19.1. The summed E-state index contributed by atoms with van der Waals surface area (Å²) < 4.78 is 0. The molecule has 3 N–H and O–H groups in total. The summed E-state index contributed by atoms with van der Waals surface area (Å²) in [4.78, 5) is 62.5. The summed E-state index contributed by atoms with van der Waals surface area (Å²) in [6, 6.07) is 2.16. The monoisotopic (exact) mass is 507 g/mol. The highest BCUT2D eigenvalue weighted by Crippen LogP contribution is 2.24. The fraction of sp³-hybridized carbons (Fsp3) is 0.429. The predicted octanol–water partition coefficient (Wildman–Crippen LogP) is 0.511. The molecule has 0 saturated heterocycles. The second-order valence-electron chi connectivity index (χ2n) is 8.07. The third-order valence-electron chi connectivity index (χ3n) is 5.06. The summed E-state index contributed by atoms with van der Waals surface area (Å²) in [5, 5.41) is 8.29. The zero-order chi connectivity index (χ0) is 24.8. The van der Waals surface area contributed by atoms with Crippen LogP contribution in [0.25, 0.3) is 0 Å². The van der Waals surface area contributed by atoms with Crippen LogP contribution in [0.15, 0.2) is 18.3 Å². The van der Waals surface area contributed by atoms with Crippen LogP contribution in [0.4, 0.5) is 5.82 Å². The van der Waals surface area contributed by atoms with Gasteiger partial charge in [0.25, 0.3) is 5.91 Å². The number of thiazole rings is 1. The summed E-state index contributed by atoms with van der Waals surface area (Å²) in [5.41, 5.74) is 0.924. The molecule has 0 radical (unpaired) electrons. The fourth-order valence-electron chi connectivity index (χ4n) is 3.15. The third-order valence-corrected chi connectivity index (χ3v) is 6.36. The van der Waals surface area contributed by atoms with Gasteiger partial charge in [0.1, 0.15) is 5.82 Å². The van der Waals surface area contributed by atoms with Gasteiger partial charge in [-0.05, 0) is 19.2 Å². The van der Waals surface area contributed by atoms with E-state index in [-0.39, 0.29) is 24.7 Å². The van der Waals surface area contributed by atoms with E-state index in [0.717, 1.165) is 30.1 Å². The van der Waals surface area contributed by atoms with Crippen molar-refractivity contribution < 1.29 is 19.2 Å². The van der Waals surface area contributed by atoms with Crippen LogP contribution < -0.4 is 16.0 Å². The molecular formula is C21H26ClN7O4S. The Kier molecular flexibility index (Phi) is 8.53. The number of nitrogens with zero attached hydrogens (tertiary/aromatic N) is 4.